The van der Waals surface area contributed by atoms with Gasteiger partial charge in [-0.1, -0.05) is 56.3 Å². The third-order valence-electron chi connectivity index (χ3n) is 6.45. The third-order valence-corrected chi connectivity index (χ3v) is 6.45. The lowest BCUT2D eigenvalue weighted by atomic mass is 9.83. The standard InChI is InChI=1S/C27H25N2/c1-3-27(4-2)24-18-21(13-15-23(24)26-12-8-9-17-29(26)27)22-14-16-25(28-19-22)20-10-6-5-7-11-20/h5-19H,3-4H2,1-2H3/q+1. The molecule has 0 fully saturated rings. The van der Waals surface area contributed by atoms with Gasteiger partial charge in [0.05, 0.1) is 11.3 Å². The second kappa shape index (κ2) is 6.97. The molecule has 0 N–H and O–H groups in total. The van der Waals surface area contributed by atoms with Gasteiger partial charge in [-0.05, 0) is 29.8 Å². The molecular weight excluding hydrogens is 352 g/mol. The van der Waals surface area contributed by atoms with Crippen molar-refractivity contribution in [2.75, 3.05) is 0 Å². The molecule has 0 aliphatic carbocycles. The molecule has 0 spiro atoms. The molecule has 0 unspecified atom stereocenters. The van der Waals surface area contributed by atoms with Crippen molar-refractivity contribution in [3.63, 3.8) is 0 Å². The summed E-state index contributed by atoms with van der Waals surface area (Å²) in [5, 5.41) is 0. The first kappa shape index (κ1) is 17.8. The van der Waals surface area contributed by atoms with Gasteiger partial charge in [-0.3, -0.25) is 4.98 Å². The number of rotatable bonds is 4. The minimum atomic E-state index is 0.0271. The quantitative estimate of drug-likeness (QED) is 0.384. The van der Waals surface area contributed by atoms with Gasteiger partial charge in [-0.15, -0.1) is 0 Å². The first-order valence-corrected chi connectivity index (χ1v) is 10.4. The predicted octanol–water partition coefficient (Wildman–Crippen LogP) is 6.25. The van der Waals surface area contributed by atoms with E-state index in [0.717, 1.165) is 29.7 Å². The van der Waals surface area contributed by atoms with Crippen LogP contribution in [0, 0.1) is 0 Å². The number of hydrogen-bond donors (Lipinski definition) is 0. The molecule has 5 rings (SSSR count). The van der Waals surface area contributed by atoms with Gasteiger partial charge in [0.2, 0.25) is 5.69 Å². The molecule has 1 aliphatic heterocycles. The zero-order valence-corrected chi connectivity index (χ0v) is 17.0. The van der Waals surface area contributed by atoms with Crippen molar-refractivity contribution >= 4 is 0 Å². The van der Waals surface area contributed by atoms with Crippen molar-refractivity contribution in [3.05, 3.63) is 96.8 Å². The molecule has 3 heterocycles. The van der Waals surface area contributed by atoms with Crippen LogP contribution < -0.4 is 4.57 Å². The molecule has 2 aromatic carbocycles. The van der Waals surface area contributed by atoms with Crippen molar-refractivity contribution in [2.24, 2.45) is 0 Å². The molecule has 0 saturated carbocycles. The van der Waals surface area contributed by atoms with Gasteiger partial charge in [0.25, 0.3) is 0 Å². The summed E-state index contributed by atoms with van der Waals surface area (Å²) in [6, 6.07) is 28.1. The molecule has 0 atom stereocenters. The highest BCUT2D eigenvalue weighted by atomic mass is 15.1. The molecule has 142 valence electrons. The van der Waals surface area contributed by atoms with E-state index < -0.39 is 0 Å². The van der Waals surface area contributed by atoms with E-state index >= 15 is 0 Å². The minimum absolute atomic E-state index is 0.0271. The van der Waals surface area contributed by atoms with Crippen LogP contribution in [0.2, 0.25) is 0 Å². The van der Waals surface area contributed by atoms with Crippen molar-refractivity contribution in [2.45, 2.75) is 32.2 Å². The molecule has 0 saturated heterocycles. The largest absolute Gasteiger partial charge is 0.256 e. The van der Waals surface area contributed by atoms with E-state index in [4.69, 9.17) is 4.98 Å². The molecule has 2 aromatic heterocycles. The Balaban J connectivity index is 1.59. The maximum Gasteiger partial charge on any atom is 0.213 e. The molecule has 2 heteroatoms. The Bertz CT molecular complexity index is 1160. The van der Waals surface area contributed by atoms with Gasteiger partial charge in [-0.25, -0.2) is 0 Å². The zero-order valence-electron chi connectivity index (χ0n) is 17.0. The van der Waals surface area contributed by atoms with Crippen LogP contribution in [-0.4, -0.2) is 4.98 Å². The number of nitrogens with zero attached hydrogens (tertiary/aromatic N) is 2. The van der Waals surface area contributed by atoms with Gasteiger partial charge < -0.3 is 0 Å². The topological polar surface area (TPSA) is 16.8 Å². The summed E-state index contributed by atoms with van der Waals surface area (Å²) in [4.78, 5) is 4.73. The fourth-order valence-corrected chi connectivity index (χ4v) is 4.81. The van der Waals surface area contributed by atoms with Gasteiger partial charge in [0, 0.05) is 47.9 Å². The van der Waals surface area contributed by atoms with Crippen molar-refractivity contribution in [1.82, 2.24) is 4.98 Å². The first-order valence-electron chi connectivity index (χ1n) is 10.4. The minimum Gasteiger partial charge on any atom is -0.256 e. The average Bonchev–Trinajstić information content (AvgIpc) is 3.09. The van der Waals surface area contributed by atoms with Crippen LogP contribution in [0.3, 0.4) is 0 Å². The van der Waals surface area contributed by atoms with Crippen molar-refractivity contribution in [3.8, 4) is 33.6 Å². The lowest BCUT2D eigenvalue weighted by Gasteiger charge is -2.23. The normalized spacial score (nSPS) is 13.7. The second-order valence-corrected chi connectivity index (χ2v) is 7.75. The van der Waals surface area contributed by atoms with E-state index in [1.807, 2.05) is 12.3 Å². The van der Waals surface area contributed by atoms with Crippen molar-refractivity contribution in [1.29, 1.82) is 0 Å². The molecule has 0 radical (unpaired) electrons. The fraction of sp³-hybridized carbons (Fsp3) is 0.185. The predicted molar refractivity (Wildman–Crippen MR) is 118 cm³/mol. The Morgan fingerprint density at radius 1 is 0.759 bits per heavy atom. The van der Waals surface area contributed by atoms with E-state index in [0.29, 0.717) is 0 Å². The molecule has 0 amide bonds. The Hall–Kier alpha value is -3.26. The van der Waals surface area contributed by atoms with Gasteiger partial charge in [0.1, 0.15) is 0 Å². The van der Waals surface area contributed by atoms with E-state index in [2.05, 4.69) is 97.4 Å². The van der Waals surface area contributed by atoms with Crippen LogP contribution in [0.4, 0.5) is 0 Å². The molecule has 1 aliphatic rings. The Morgan fingerprint density at radius 2 is 1.52 bits per heavy atom. The summed E-state index contributed by atoms with van der Waals surface area (Å²) in [5.41, 5.74) is 8.68. The molecule has 29 heavy (non-hydrogen) atoms. The highest BCUT2D eigenvalue weighted by Crippen LogP contribution is 2.43. The Labute approximate surface area is 172 Å². The van der Waals surface area contributed by atoms with E-state index in [9.17, 15) is 0 Å². The maximum absolute atomic E-state index is 4.73. The van der Waals surface area contributed by atoms with Crippen LogP contribution in [0.25, 0.3) is 33.6 Å². The van der Waals surface area contributed by atoms with Crippen LogP contribution >= 0.6 is 0 Å². The van der Waals surface area contributed by atoms with Crippen LogP contribution in [-0.2, 0) is 5.54 Å². The lowest BCUT2D eigenvalue weighted by Crippen LogP contribution is -2.53. The molecule has 0 bridgehead atoms. The van der Waals surface area contributed by atoms with Crippen LogP contribution in [0.5, 0.6) is 0 Å². The second-order valence-electron chi connectivity index (χ2n) is 7.75. The van der Waals surface area contributed by atoms with Crippen molar-refractivity contribution < 1.29 is 4.57 Å². The summed E-state index contributed by atoms with van der Waals surface area (Å²) in [6.45, 7) is 4.59. The van der Waals surface area contributed by atoms with Crippen LogP contribution in [0.15, 0.2) is 91.3 Å². The zero-order chi connectivity index (χ0) is 19.8. The molecule has 4 aromatic rings. The number of aromatic nitrogens is 2. The van der Waals surface area contributed by atoms with Gasteiger partial charge in [-0.2, -0.15) is 4.57 Å². The van der Waals surface area contributed by atoms with Gasteiger partial charge in [0.15, 0.2) is 11.7 Å². The van der Waals surface area contributed by atoms with Crippen LogP contribution in [0.1, 0.15) is 32.3 Å². The number of hydrogen-bond acceptors (Lipinski definition) is 1. The van der Waals surface area contributed by atoms with E-state index in [1.165, 1.54) is 22.4 Å². The third kappa shape index (κ3) is 2.71. The smallest absolute Gasteiger partial charge is 0.213 e. The summed E-state index contributed by atoms with van der Waals surface area (Å²) < 4.78 is 2.47. The number of benzene rings is 2. The Morgan fingerprint density at radius 3 is 2.24 bits per heavy atom. The van der Waals surface area contributed by atoms with E-state index in [-0.39, 0.29) is 5.54 Å². The highest BCUT2D eigenvalue weighted by molar-refractivity contribution is 5.74. The SMILES string of the molecule is CCC1(CC)c2cc(-c3ccc(-c4ccccc4)nc3)ccc2-c2cccc[n+]21. The monoisotopic (exact) mass is 377 g/mol. The molecule has 2 nitrogen and oxygen atoms in total. The fourth-order valence-electron chi connectivity index (χ4n) is 4.81. The van der Waals surface area contributed by atoms with E-state index in [1.54, 1.807) is 0 Å². The molecular formula is C27H25N2+. The summed E-state index contributed by atoms with van der Waals surface area (Å²) in [7, 11) is 0. The number of pyridine rings is 2. The lowest BCUT2D eigenvalue weighted by molar-refractivity contribution is -0.740. The number of fused-ring (bicyclic) bond motifs is 3. The summed E-state index contributed by atoms with van der Waals surface area (Å²) >= 11 is 0. The highest BCUT2D eigenvalue weighted by Gasteiger charge is 2.48. The summed E-state index contributed by atoms with van der Waals surface area (Å²) in [5.74, 6) is 0. The first-order chi connectivity index (χ1) is 14.3. The maximum atomic E-state index is 4.73. The van der Waals surface area contributed by atoms with Gasteiger partial charge >= 0.3 is 0 Å². The summed E-state index contributed by atoms with van der Waals surface area (Å²) in [6.07, 6.45) is 6.39. The average molecular weight is 378 g/mol. The Kier molecular flexibility index (Phi) is 4.28.